The van der Waals surface area contributed by atoms with Crippen LogP contribution in [0.2, 0.25) is 0 Å². The first-order valence-electron chi connectivity index (χ1n) is 11.2. The molecule has 182 valence electrons. The van der Waals surface area contributed by atoms with Gasteiger partial charge < -0.3 is 35.5 Å². The van der Waals surface area contributed by atoms with Gasteiger partial charge in [-0.2, -0.15) is 0 Å². The number of Topliss-reactive ketones (excluding diaryl/α,β-unsaturated/α-hetero) is 1. The molecule has 1 heterocycles. The summed E-state index contributed by atoms with van der Waals surface area (Å²) >= 11 is 0. The highest BCUT2D eigenvalue weighted by Crippen LogP contribution is 2.57. The van der Waals surface area contributed by atoms with Gasteiger partial charge in [-0.05, 0) is 42.0 Å². The first-order chi connectivity index (χ1) is 16.5. The molecule has 3 aliphatic rings. The van der Waals surface area contributed by atoms with E-state index in [1.54, 1.807) is 6.07 Å². The van der Waals surface area contributed by atoms with Crippen molar-refractivity contribution in [3.8, 4) is 16.9 Å². The van der Waals surface area contributed by atoms with Gasteiger partial charge in [-0.15, -0.1) is 0 Å². The van der Waals surface area contributed by atoms with Crippen LogP contribution in [0.4, 0.5) is 5.69 Å². The topological polar surface area (TPSA) is 157 Å². The molecule has 5 rings (SSSR count). The fraction of sp³-hybridized carbons (Fsp3) is 0.308. The van der Waals surface area contributed by atoms with Gasteiger partial charge in [0.15, 0.2) is 11.4 Å². The Bertz CT molecular complexity index is 1370. The standard InChI is InChI=1S/C26H26N2O7/c1-11-19-13(6-14-8-18(29)21(25(27)33)24(32)26(14,34)23(19)31)7-16-17(28(2)3)9-15(22(30)20(11)16)12-4-5-35-10-12/h4-5,9-10,13-14,30-32,34H,1,6-8H2,2-3H3,(H2,27,33)/t13-,14+,26+/m1/s1. The molecule has 0 spiro atoms. The second-order valence-corrected chi connectivity index (χ2v) is 9.61. The van der Waals surface area contributed by atoms with E-state index in [2.05, 4.69) is 6.58 Å². The average molecular weight is 479 g/mol. The third-order valence-corrected chi connectivity index (χ3v) is 7.51. The number of rotatable bonds is 3. The number of hydrogen-bond acceptors (Lipinski definition) is 8. The molecule has 35 heavy (non-hydrogen) atoms. The molecule has 1 aromatic heterocycles. The largest absolute Gasteiger partial charge is 0.508 e. The van der Waals surface area contributed by atoms with Gasteiger partial charge in [-0.1, -0.05) is 6.58 Å². The molecular weight excluding hydrogens is 452 g/mol. The number of amides is 1. The fourth-order valence-corrected chi connectivity index (χ4v) is 5.89. The minimum absolute atomic E-state index is 0.0544. The molecule has 0 bridgehead atoms. The summed E-state index contributed by atoms with van der Waals surface area (Å²) in [6, 6.07) is 3.57. The number of benzene rings is 1. The van der Waals surface area contributed by atoms with Gasteiger partial charge >= 0.3 is 0 Å². The zero-order valence-corrected chi connectivity index (χ0v) is 19.3. The first kappa shape index (κ1) is 22.8. The maximum atomic E-state index is 12.5. The highest BCUT2D eigenvalue weighted by Gasteiger charge is 2.57. The van der Waals surface area contributed by atoms with Crippen molar-refractivity contribution in [3.63, 3.8) is 0 Å². The fourth-order valence-electron chi connectivity index (χ4n) is 5.89. The van der Waals surface area contributed by atoms with Crippen molar-refractivity contribution >= 4 is 23.0 Å². The van der Waals surface area contributed by atoms with Crippen molar-refractivity contribution in [1.82, 2.24) is 0 Å². The lowest BCUT2D eigenvalue weighted by atomic mass is 9.60. The van der Waals surface area contributed by atoms with E-state index >= 15 is 0 Å². The highest BCUT2D eigenvalue weighted by molar-refractivity contribution is 6.20. The zero-order valence-electron chi connectivity index (χ0n) is 19.3. The third-order valence-electron chi connectivity index (χ3n) is 7.51. The van der Waals surface area contributed by atoms with E-state index in [0.29, 0.717) is 23.1 Å². The Morgan fingerprint density at radius 1 is 1.23 bits per heavy atom. The van der Waals surface area contributed by atoms with Crippen molar-refractivity contribution < 1.29 is 34.4 Å². The number of aromatic hydroxyl groups is 1. The monoisotopic (exact) mass is 478 g/mol. The molecule has 0 aliphatic heterocycles. The van der Waals surface area contributed by atoms with Crippen molar-refractivity contribution in [2.45, 2.75) is 24.9 Å². The minimum atomic E-state index is -2.35. The van der Waals surface area contributed by atoms with E-state index < -0.39 is 40.3 Å². The summed E-state index contributed by atoms with van der Waals surface area (Å²) in [5, 5.41) is 44.9. The SMILES string of the molecule is C=C1C2=C(O)[C@]3(O)C(O)=C(C(N)=O)C(=O)C[C@@H]3C[C@@H]2Cc2c(N(C)C)cc(-c3ccoc3)c(O)c21. The number of carbonyl (C=O) groups is 2. The number of ketones is 1. The summed E-state index contributed by atoms with van der Waals surface area (Å²) in [6.45, 7) is 4.15. The summed E-state index contributed by atoms with van der Waals surface area (Å²) in [5.74, 6) is -4.63. The van der Waals surface area contributed by atoms with Crippen LogP contribution in [0.1, 0.15) is 24.0 Å². The molecule has 0 saturated heterocycles. The van der Waals surface area contributed by atoms with Crippen LogP contribution in [0.15, 0.2) is 58.3 Å². The van der Waals surface area contributed by atoms with E-state index in [1.165, 1.54) is 12.5 Å². The molecule has 0 fully saturated rings. The quantitative estimate of drug-likeness (QED) is 0.421. The molecule has 3 aliphatic carbocycles. The number of nitrogens with zero attached hydrogens (tertiary/aromatic N) is 1. The van der Waals surface area contributed by atoms with Crippen LogP contribution in [-0.2, 0) is 16.0 Å². The lowest BCUT2D eigenvalue weighted by molar-refractivity contribution is -0.128. The Kier molecular flexibility index (Phi) is 4.89. The molecule has 0 saturated carbocycles. The number of aliphatic hydroxyl groups is 3. The number of primary amides is 1. The molecule has 3 atom stereocenters. The van der Waals surface area contributed by atoms with Gasteiger partial charge in [0.25, 0.3) is 5.91 Å². The highest BCUT2D eigenvalue weighted by atomic mass is 16.4. The lowest BCUT2D eigenvalue weighted by Crippen LogP contribution is -2.53. The molecule has 0 radical (unpaired) electrons. The number of phenols is 1. The van der Waals surface area contributed by atoms with Crippen LogP contribution in [0.25, 0.3) is 16.7 Å². The van der Waals surface area contributed by atoms with E-state index in [9.17, 15) is 30.0 Å². The van der Waals surface area contributed by atoms with Gasteiger partial charge in [0.05, 0.1) is 12.5 Å². The van der Waals surface area contributed by atoms with Gasteiger partial charge in [0, 0.05) is 54.4 Å². The molecule has 0 unspecified atom stereocenters. The minimum Gasteiger partial charge on any atom is -0.508 e. The number of phenolic OH excluding ortho intramolecular Hbond substituents is 1. The Morgan fingerprint density at radius 3 is 2.54 bits per heavy atom. The average Bonchev–Trinajstić information content (AvgIpc) is 3.30. The normalized spacial score (nSPS) is 25.8. The summed E-state index contributed by atoms with van der Waals surface area (Å²) in [7, 11) is 3.76. The molecule has 6 N–H and O–H groups in total. The number of anilines is 1. The molecular formula is C26H26N2O7. The number of aliphatic hydroxyl groups excluding tert-OH is 2. The Balaban J connectivity index is 1.76. The number of hydrogen-bond donors (Lipinski definition) is 5. The van der Waals surface area contributed by atoms with Crippen LogP contribution >= 0.6 is 0 Å². The van der Waals surface area contributed by atoms with Crippen molar-refractivity contribution in [1.29, 1.82) is 0 Å². The predicted octanol–water partition coefficient (Wildman–Crippen LogP) is 2.74. The lowest BCUT2D eigenvalue weighted by Gasteiger charge is -2.47. The summed E-state index contributed by atoms with van der Waals surface area (Å²) < 4.78 is 5.19. The Labute approximate surface area is 201 Å². The molecule has 2 aromatic rings. The maximum Gasteiger partial charge on any atom is 0.255 e. The van der Waals surface area contributed by atoms with Crippen LogP contribution in [-0.4, -0.2) is 51.8 Å². The van der Waals surface area contributed by atoms with Gasteiger partial charge in [0.1, 0.15) is 22.8 Å². The smallest absolute Gasteiger partial charge is 0.255 e. The van der Waals surface area contributed by atoms with E-state index in [0.717, 1.165) is 11.3 Å². The van der Waals surface area contributed by atoms with Gasteiger partial charge in [0.2, 0.25) is 0 Å². The number of carbonyl (C=O) groups excluding carboxylic acids is 2. The first-order valence-corrected chi connectivity index (χ1v) is 11.2. The van der Waals surface area contributed by atoms with E-state index in [1.807, 2.05) is 25.1 Å². The summed E-state index contributed by atoms with van der Waals surface area (Å²) in [5.41, 5.74) is 6.00. The molecule has 1 amide bonds. The maximum absolute atomic E-state index is 12.5. The van der Waals surface area contributed by atoms with Crippen molar-refractivity contribution in [3.05, 3.63) is 65.0 Å². The zero-order chi connectivity index (χ0) is 25.4. The number of fused-ring (bicyclic) bond motifs is 3. The van der Waals surface area contributed by atoms with Crippen LogP contribution in [0.5, 0.6) is 5.75 Å². The van der Waals surface area contributed by atoms with Crippen LogP contribution in [0, 0.1) is 11.8 Å². The Hall–Kier alpha value is -3.98. The molecule has 9 heteroatoms. The number of nitrogens with two attached hydrogens (primary N) is 1. The van der Waals surface area contributed by atoms with Crippen molar-refractivity contribution in [2.24, 2.45) is 17.6 Å². The Morgan fingerprint density at radius 2 is 1.94 bits per heavy atom. The number of furan rings is 1. The predicted molar refractivity (Wildman–Crippen MR) is 128 cm³/mol. The van der Waals surface area contributed by atoms with Gasteiger partial charge in [-0.3, -0.25) is 9.59 Å². The molecule has 9 nitrogen and oxygen atoms in total. The molecule has 1 aromatic carbocycles. The summed E-state index contributed by atoms with van der Waals surface area (Å²) in [4.78, 5) is 26.3. The third kappa shape index (κ3) is 2.97. The summed E-state index contributed by atoms with van der Waals surface area (Å²) in [6.07, 6.45) is 3.39. The van der Waals surface area contributed by atoms with Crippen molar-refractivity contribution in [2.75, 3.05) is 19.0 Å². The second-order valence-electron chi connectivity index (χ2n) is 9.61. The van der Waals surface area contributed by atoms with Crippen LogP contribution < -0.4 is 10.6 Å². The van der Waals surface area contributed by atoms with E-state index in [4.69, 9.17) is 10.2 Å². The number of allylic oxidation sites excluding steroid dienone is 2. The van der Waals surface area contributed by atoms with Crippen LogP contribution in [0.3, 0.4) is 0 Å². The van der Waals surface area contributed by atoms with Gasteiger partial charge in [-0.25, -0.2) is 0 Å². The second kappa shape index (κ2) is 7.51. The van der Waals surface area contributed by atoms with E-state index in [-0.39, 0.29) is 35.7 Å².